The third kappa shape index (κ3) is 4.47. The van der Waals surface area contributed by atoms with E-state index in [1.807, 2.05) is 78.9 Å². The Balaban J connectivity index is 1.26. The third-order valence-electron chi connectivity index (χ3n) is 5.87. The molecule has 0 aliphatic carbocycles. The Morgan fingerprint density at radius 1 is 0.938 bits per heavy atom. The summed E-state index contributed by atoms with van der Waals surface area (Å²) in [5.41, 5.74) is 3.76. The van der Waals surface area contributed by atoms with Gasteiger partial charge in [-0.05, 0) is 41.5 Å². The van der Waals surface area contributed by atoms with Gasteiger partial charge in [0.2, 0.25) is 0 Å². The molecule has 2 heterocycles. The Labute approximate surface area is 187 Å². The largest absolute Gasteiger partial charge is 0.489 e. The average Bonchev–Trinajstić information content (AvgIpc) is 3.21. The zero-order valence-electron chi connectivity index (χ0n) is 17.8. The van der Waals surface area contributed by atoms with Crippen molar-refractivity contribution >= 4 is 17.4 Å². The van der Waals surface area contributed by atoms with Gasteiger partial charge in [0.25, 0.3) is 0 Å². The van der Waals surface area contributed by atoms with Crippen molar-refractivity contribution in [3.05, 3.63) is 90.0 Å². The fourth-order valence-electron chi connectivity index (χ4n) is 4.23. The number of benzene rings is 3. The molecule has 5 rings (SSSR count). The lowest BCUT2D eigenvalue weighted by atomic mass is 10.0. The van der Waals surface area contributed by atoms with Gasteiger partial charge >= 0.3 is 6.03 Å². The molecule has 1 fully saturated rings. The van der Waals surface area contributed by atoms with Crippen LogP contribution in [0.2, 0.25) is 0 Å². The number of anilines is 2. The van der Waals surface area contributed by atoms with Crippen LogP contribution in [0.3, 0.4) is 0 Å². The second-order valence-corrected chi connectivity index (χ2v) is 8.04. The zero-order chi connectivity index (χ0) is 21.8. The van der Waals surface area contributed by atoms with Gasteiger partial charge in [-0.1, -0.05) is 48.5 Å². The first kappa shape index (κ1) is 20.5. The Kier molecular flexibility index (Phi) is 5.79. The first-order valence-corrected chi connectivity index (χ1v) is 10.9. The lowest BCUT2D eigenvalue weighted by Gasteiger charge is -2.26. The normalized spacial score (nSPS) is 16.9. The Hall–Kier alpha value is -3.35. The van der Waals surface area contributed by atoms with Gasteiger partial charge in [0.05, 0.1) is 13.2 Å². The third-order valence-corrected chi connectivity index (χ3v) is 5.87. The maximum absolute atomic E-state index is 13.2. The number of amides is 2. The van der Waals surface area contributed by atoms with Crippen molar-refractivity contribution < 1.29 is 19.0 Å². The fourth-order valence-corrected chi connectivity index (χ4v) is 4.23. The molecule has 6 heteroatoms. The minimum Gasteiger partial charge on any atom is -0.489 e. The van der Waals surface area contributed by atoms with Crippen LogP contribution in [0.25, 0.3) is 0 Å². The molecule has 1 N–H and O–H groups in total. The van der Waals surface area contributed by atoms with Crippen LogP contribution in [-0.2, 0) is 22.5 Å². The number of nitrogens with zero attached hydrogens (tertiary/aromatic N) is 1. The molecule has 0 saturated carbocycles. The molecule has 3 aromatic rings. The molecule has 164 valence electrons. The molecule has 0 radical (unpaired) electrons. The minimum atomic E-state index is -0.636. The van der Waals surface area contributed by atoms with E-state index >= 15 is 0 Å². The summed E-state index contributed by atoms with van der Waals surface area (Å²) in [5.74, 6) is 0.118. The van der Waals surface area contributed by atoms with E-state index in [2.05, 4.69) is 5.32 Å². The summed E-state index contributed by atoms with van der Waals surface area (Å²) >= 11 is 0. The quantitative estimate of drug-likeness (QED) is 0.633. The van der Waals surface area contributed by atoms with E-state index in [-0.39, 0.29) is 6.03 Å². The predicted molar refractivity (Wildman–Crippen MR) is 123 cm³/mol. The molecule has 0 unspecified atom stereocenters. The van der Waals surface area contributed by atoms with E-state index in [0.717, 1.165) is 22.6 Å². The van der Waals surface area contributed by atoms with Gasteiger partial charge in [-0.2, -0.15) is 0 Å². The molecule has 6 nitrogen and oxygen atoms in total. The number of fused-ring (bicyclic) bond motifs is 1. The summed E-state index contributed by atoms with van der Waals surface area (Å²) in [6.45, 7) is 2.20. The van der Waals surface area contributed by atoms with Crippen LogP contribution >= 0.6 is 0 Å². The van der Waals surface area contributed by atoms with Gasteiger partial charge in [-0.25, -0.2) is 4.79 Å². The highest BCUT2D eigenvalue weighted by Gasteiger charge is 2.40. The molecule has 0 bridgehead atoms. The molecular formula is C26H26N2O4. The lowest BCUT2D eigenvalue weighted by Crippen LogP contribution is -2.39. The molecule has 2 amide bonds. The molecule has 1 spiro atoms. The maximum atomic E-state index is 13.2. The summed E-state index contributed by atoms with van der Waals surface area (Å²) in [5, 5.41) is 3.01. The van der Waals surface area contributed by atoms with Crippen molar-refractivity contribution in [3.8, 4) is 5.75 Å². The second-order valence-electron chi connectivity index (χ2n) is 8.04. The van der Waals surface area contributed by atoms with Gasteiger partial charge in [0.1, 0.15) is 12.4 Å². The van der Waals surface area contributed by atoms with Crippen molar-refractivity contribution in [3.63, 3.8) is 0 Å². The smallest absolute Gasteiger partial charge is 0.326 e. The molecule has 1 saturated heterocycles. The first-order valence-electron chi connectivity index (χ1n) is 10.9. The number of urea groups is 1. The summed E-state index contributed by atoms with van der Waals surface area (Å²) in [7, 11) is 0. The Morgan fingerprint density at radius 2 is 1.66 bits per heavy atom. The molecule has 2 aliphatic heterocycles. The van der Waals surface area contributed by atoms with Gasteiger partial charge in [0.15, 0.2) is 5.79 Å². The van der Waals surface area contributed by atoms with Crippen LogP contribution < -0.4 is 15.0 Å². The number of rotatable bonds is 4. The second kappa shape index (κ2) is 9.02. The van der Waals surface area contributed by atoms with Gasteiger partial charge < -0.3 is 19.5 Å². The number of carbonyl (C=O) groups excluding carboxylic acids is 1. The van der Waals surface area contributed by atoms with Crippen molar-refractivity contribution in [1.82, 2.24) is 0 Å². The lowest BCUT2D eigenvalue weighted by molar-refractivity contribution is -0.157. The summed E-state index contributed by atoms with van der Waals surface area (Å²) in [6, 6.07) is 25.2. The first-order chi connectivity index (χ1) is 15.7. The summed E-state index contributed by atoms with van der Waals surface area (Å²) in [4.78, 5) is 15.0. The highest BCUT2D eigenvalue weighted by atomic mass is 16.7. The van der Waals surface area contributed by atoms with Crippen molar-refractivity contribution in [1.29, 1.82) is 0 Å². The predicted octanol–water partition coefficient (Wildman–Crippen LogP) is 4.99. The Morgan fingerprint density at radius 3 is 2.44 bits per heavy atom. The number of hydrogen-bond acceptors (Lipinski definition) is 4. The van der Waals surface area contributed by atoms with Crippen LogP contribution in [0.15, 0.2) is 78.9 Å². The standard InChI is InChI=1S/C26H26N2O4/c29-25(27-22-10-12-23(13-11-22)30-19-20-6-2-1-3-7-20)28-15-14-26(31-16-17-32-26)18-21-8-4-5-9-24(21)28/h1-13H,14-19H2,(H,27,29). The van der Waals surface area contributed by atoms with Crippen molar-refractivity contribution in [2.45, 2.75) is 25.2 Å². The van der Waals surface area contributed by atoms with E-state index in [9.17, 15) is 4.79 Å². The maximum Gasteiger partial charge on any atom is 0.326 e. The summed E-state index contributed by atoms with van der Waals surface area (Å²) < 4.78 is 17.7. The Bertz CT molecular complexity index is 1060. The van der Waals surface area contributed by atoms with E-state index in [1.165, 1.54) is 0 Å². The van der Waals surface area contributed by atoms with Crippen LogP contribution in [0.1, 0.15) is 17.5 Å². The fraction of sp³-hybridized carbons (Fsp3) is 0.269. The zero-order valence-corrected chi connectivity index (χ0v) is 17.8. The van der Waals surface area contributed by atoms with Gasteiger partial charge in [0, 0.05) is 30.8 Å². The van der Waals surface area contributed by atoms with Gasteiger partial charge in [-0.15, -0.1) is 0 Å². The number of para-hydroxylation sites is 1. The summed E-state index contributed by atoms with van der Waals surface area (Å²) in [6.07, 6.45) is 1.27. The number of hydrogen-bond donors (Lipinski definition) is 1. The SMILES string of the molecule is O=C(Nc1ccc(OCc2ccccc2)cc1)N1CCC2(Cc3ccccc31)OCCO2. The van der Waals surface area contributed by atoms with Crippen LogP contribution in [0, 0.1) is 0 Å². The number of nitrogens with one attached hydrogen (secondary N) is 1. The van der Waals surface area contributed by atoms with Crippen LogP contribution in [0.4, 0.5) is 16.2 Å². The molecule has 2 aliphatic rings. The van der Waals surface area contributed by atoms with Crippen LogP contribution in [0.5, 0.6) is 5.75 Å². The average molecular weight is 431 g/mol. The molecule has 0 atom stereocenters. The highest BCUT2D eigenvalue weighted by Crippen LogP contribution is 2.36. The molecule has 3 aromatic carbocycles. The minimum absolute atomic E-state index is 0.176. The number of carbonyl (C=O) groups is 1. The van der Waals surface area contributed by atoms with E-state index in [4.69, 9.17) is 14.2 Å². The van der Waals surface area contributed by atoms with Gasteiger partial charge in [-0.3, -0.25) is 4.90 Å². The van der Waals surface area contributed by atoms with E-state index in [0.29, 0.717) is 44.9 Å². The molecule has 32 heavy (non-hydrogen) atoms. The molecular weight excluding hydrogens is 404 g/mol. The van der Waals surface area contributed by atoms with Crippen molar-refractivity contribution in [2.24, 2.45) is 0 Å². The van der Waals surface area contributed by atoms with E-state index in [1.54, 1.807) is 4.90 Å². The van der Waals surface area contributed by atoms with Crippen LogP contribution in [-0.4, -0.2) is 31.6 Å². The topological polar surface area (TPSA) is 60.0 Å². The van der Waals surface area contributed by atoms with Crippen molar-refractivity contribution in [2.75, 3.05) is 30.0 Å². The number of ether oxygens (including phenoxy) is 3. The van der Waals surface area contributed by atoms with E-state index < -0.39 is 5.79 Å². The highest BCUT2D eigenvalue weighted by molar-refractivity contribution is 6.02. The molecule has 0 aromatic heterocycles. The monoisotopic (exact) mass is 430 g/mol.